The van der Waals surface area contributed by atoms with Crippen molar-refractivity contribution in [3.05, 3.63) is 63.9 Å². The average molecular weight is 324 g/mol. The van der Waals surface area contributed by atoms with Gasteiger partial charge in [0.2, 0.25) is 5.91 Å². The molecule has 0 aliphatic rings. The molecule has 0 saturated heterocycles. The van der Waals surface area contributed by atoms with Crippen molar-refractivity contribution in [1.29, 1.82) is 0 Å². The van der Waals surface area contributed by atoms with E-state index < -0.39 is 5.91 Å². The van der Waals surface area contributed by atoms with Crippen molar-refractivity contribution >= 4 is 21.8 Å². The van der Waals surface area contributed by atoms with E-state index in [-0.39, 0.29) is 12.4 Å². The van der Waals surface area contributed by atoms with Gasteiger partial charge < -0.3 is 10.5 Å². The Hall–Kier alpha value is -1.88. The smallest absolute Gasteiger partial charge is 0.248 e. The zero-order chi connectivity index (χ0) is 13.8. The van der Waals surface area contributed by atoms with Gasteiger partial charge in [0.15, 0.2) is 0 Å². The molecule has 0 saturated carbocycles. The highest BCUT2D eigenvalue weighted by molar-refractivity contribution is 9.10. The lowest BCUT2D eigenvalue weighted by molar-refractivity contribution is 0.100. The van der Waals surface area contributed by atoms with Gasteiger partial charge in [-0.15, -0.1) is 0 Å². The van der Waals surface area contributed by atoms with Gasteiger partial charge >= 0.3 is 0 Å². The number of rotatable bonds is 4. The first-order valence-corrected chi connectivity index (χ1v) is 6.31. The fraction of sp³-hybridized carbons (Fsp3) is 0.0714. The third-order valence-corrected chi connectivity index (χ3v) is 2.92. The number of nitrogens with two attached hydrogens (primary N) is 1. The van der Waals surface area contributed by atoms with E-state index in [1.807, 2.05) is 0 Å². The van der Waals surface area contributed by atoms with E-state index in [0.717, 1.165) is 0 Å². The van der Waals surface area contributed by atoms with E-state index in [1.54, 1.807) is 30.3 Å². The number of ether oxygens (including phenoxy) is 1. The second-order valence-corrected chi connectivity index (χ2v) is 4.87. The van der Waals surface area contributed by atoms with Crippen LogP contribution in [0.2, 0.25) is 0 Å². The van der Waals surface area contributed by atoms with Gasteiger partial charge in [0, 0.05) is 10.0 Å². The summed E-state index contributed by atoms with van der Waals surface area (Å²) in [5.41, 5.74) is 6.27. The fourth-order valence-corrected chi connectivity index (χ4v) is 2.09. The number of hydrogen-bond donors (Lipinski definition) is 1. The van der Waals surface area contributed by atoms with E-state index >= 15 is 0 Å². The minimum atomic E-state index is -0.486. The zero-order valence-corrected chi connectivity index (χ0v) is 11.5. The maximum absolute atomic E-state index is 13.2. The molecule has 2 N–H and O–H groups in total. The first-order valence-electron chi connectivity index (χ1n) is 5.52. The Morgan fingerprint density at radius 3 is 2.47 bits per heavy atom. The molecule has 5 heteroatoms. The van der Waals surface area contributed by atoms with Crippen LogP contribution < -0.4 is 10.5 Å². The highest BCUT2D eigenvalue weighted by Crippen LogP contribution is 2.18. The normalized spacial score (nSPS) is 10.2. The van der Waals surface area contributed by atoms with Gasteiger partial charge in [0.1, 0.15) is 18.2 Å². The molecule has 0 heterocycles. The SMILES string of the molecule is NC(=O)c1ccc(OCc2cc(F)cc(Br)c2)cc1. The Kier molecular flexibility index (Phi) is 4.16. The fourth-order valence-electron chi connectivity index (χ4n) is 1.58. The number of halogens is 2. The molecule has 3 nitrogen and oxygen atoms in total. The van der Waals surface area contributed by atoms with Crippen LogP contribution in [-0.4, -0.2) is 5.91 Å². The molecule has 0 atom stereocenters. The molecular weight excluding hydrogens is 313 g/mol. The van der Waals surface area contributed by atoms with Crippen molar-refractivity contribution in [2.24, 2.45) is 5.73 Å². The molecular formula is C14H11BrFNO2. The van der Waals surface area contributed by atoms with Crippen molar-refractivity contribution in [2.75, 3.05) is 0 Å². The Morgan fingerprint density at radius 1 is 1.21 bits per heavy atom. The first-order chi connectivity index (χ1) is 9.04. The summed E-state index contributed by atoms with van der Waals surface area (Å²) in [7, 11) is 0. The van der Waals surface area contributed by atoms with Crippen LogP contribution in [0.3, 0.4) is 0 Å². The summed E-state index contributed by atoms with van der Waals surface area (Å²) in [4.78, 5) is 10.9. The number of primary amides is 1. The summed E-state index contributed by atoms with van der Waals surface area (Å²) < 4.78 is 19.3. The summed E-state index contributed by atoms with van der Waals surface area (Å²) in [6.07, 6.45) is 0. The summed E-state index contributed by atoms with van der Waals surface area (Å²) in [5, 5.41) is 0. The molecule has 0 aliphatic heterocycles. The first kappa shape index (κ1) is 13.5. The molecule has 2 aromatic rings. The van der Waals surface area contributed by atoms with Gasteiger partial charge in [-0.1, -0.05) is 15.9 Å². The lowest BCUT2D eigenvalue weighted by atomic mass is 10.2. The van der Waals surface area contributed by atoms with Crippen molar-refractivity contribution in [3.63, 3.8) is 0 Å². The Labute approximate surface area is 118 Å². The highest BCUT2D eigenvalue weighted by atomic mass is 79.9. The second kappa shape index (κ2) is 5.84. The number of hydrogen-bond acceptors (Lipinski definition) is 2. The average Bonchev–Trinajstić information content (AvgIpc) is 2.36. The van der Waals surface area contributed by atoms with Crippen molar-refractivity contribution < 1.29 is 13.9 Å². The van der Waals surface area contributed by atoms with E-state index in [0.29, 0.717) is 21.3 Å². The van der Waals surface area contributed by atoms with Crippen LogP contribution in [0.15, 0.2) is 46.9 Å². The predicted octanol–water partition coefficient (Wildman–Crippen LogP) is 3.27. The third kappa shape index (κ3) is 3.79. The van der Waals surface area contributed by atoms with Gasteiger partial charge in [-0.2, -0.15) is 0 Å². The van der Waals surface area contributed by atoms with Crippen LogP contribution in [-0.2, 0) is 6.61 Å². The maximum atomic E-state index is 13.2. The summed E-state index contributed by atoms with van der Waals surface area (Å²) in [6.45, 7) is 0.242. The van der Waals surface area contributed by atoms with E-state index in [2.05, 4.69) is 15.9 Å². The van der Waals surface area contributed by atoms with Crippen LogP contribution in [0, 0.1) is 5.82 Å². The molecule has 98 valence electrons. The summed E-state index contributed by atoms with van der Waals surface area (Å²) in [6, 6.07) is 11.0. The van der Waals surface area contributed by atoms with Crippen LogP contribution in [0.25, 0.3) is 0 Å². The Morgan fingerprint density at radius 2 is 1.89 bits per heavy atom. The lowest BCUT2D eigenvalue weighted by Gasteiger charge is -2.07. The quantitative estimate of drug-likeness (QED) is 0.938. The molecule has 19 heavy (non-hydrogen) atoms. The van der Waals surface area contributed by atoms with Gasteiger partial charge in [-0.05, 0) is 48.0 Å². The maximum Gasteiger partial charge on any atom is 0.248 e. The molecule has 2 aromatic carbocycles. The molecule has 0 spiro atoms. The topological polar surface area (TPSA) is 52.3 Å². The standard InChI is InChI=1S/C14H11BrFNO2/c15-11-5-9(6-12(16)7-11)8-19-13-3-1-10(2-4-13)14(17)18/h1-7H,8H2,(H2,17,18). The van der Waals surface area contributed by atoms with Crippen molar-refractivity contribution in [2.45, 2.75) is 6.61 Å². The van der Waals surface area contributed by atoms with Crippen LogP contribution in [0.1, 0.15) is 15.9 Å². The molecule has 1 amide bonds. The molecule has 0 aromatic heterocycles. The van der Waals surface area contributed by atoms with Crippen LogP contribution in [0.5, 0.6) is 5.75 Å². The van der Waals surface area contributed by atoms with Gasteiger partial charge in [0.05, 0.1) is 0 Å². The number of carbonyl (C=O) groups is 1. The molecule has 0 bridgehead atoms. The molecule has 0 unspecified atom stereocenters. The van der Waals surface area contributed by atoms with Gasteiger partial charge in [-0.3, -0.25) is 4.79 Å². The minimum absolute atomic E-state index is 0.242. The zero-order valence-electron chi connectivity index (χ0n) is 9.90. The van der Waals surface area contributed by atoms with E-state index in [1.165, 1.54) is 12.1 Å². The van der Waals surface area contributed by atoms with Crippen molar-refractivity contribution in [3.8, 4) is 5.75 Å². The van der Waals surface area contributed by atoms with E-state index in [9.17, 15) is 9.18 Å². The minimum Gasteiger partial charge on any atom is -0.489 e. The number of amides is 1. The van der Waals surface area contributed by atoms with Crippen molar-refractivity contribution in [1.82, 2.24) is 0 Å². The molecule has 2 rings (SSSR count). The Balaban J connectivity index is 2.03. The van der Waals surface area contributed by atoms with Gasteiger partial charge in [-0.25, -0.2) is 4.39 Å². The molecule has 0 radical (unpaired) electrons. The van der Waals surface area contributed by atoms with Crippen LogP contribution in [0.4, 0.5) is 4.39 Å². The highest BCUT2D eigenvalue weighted by Gasteiger charge is 2.02. The monoisotopic (exact) mass is 323 g/mol. The van der Waals surface area contributed by atoms with Gasteiger partial charge in [0.25, 0.3) is 0 Å². The third-order valence-electron chi connectivity index (χ3n) is 2.47. The summed E-state index contributed by atoms with van der Waals surface area (Å²) >= 11 is 3.22. The largest absolute Gasteiger partial charge is 0.489 e. The number of carbonyl (C=O) groups excluding carboxylic acids is 1. The summed E-state index contributed by atoms with van der Waals surface area (Å²) in [5.74, 6) is -0.219. The number of benzene rings is 2. The second-order valence-electron chi connectivity index (χ2n) is 3.96. The molecule has 0 aliphatic carbocycles. The van der Waals surface area contributed by atoms with Crippen LogP contribution >= 0.6 is 15.9 Å². The molecule has 0 fully saturated rings. The lowest BCUT2D eigenvalue weighted by Crippen LogP contribution is -2.10. The predicted molar refractivity (Wildman–Crippen MR) is 73.4 cm³/mol. The van der Waals surface area contributed by atoms with E-state index in [4.69, 9.17) is 10.5 Å². The Bertz CT molecular complexity index is 579.